The highest BCUT2D eigenvalue weighted by atomic mass is 35.5. The Balaban J connectivity index is 1.41. The van der Waals surface area contributed by atoms with Gasteiger partial charge in [-0.1, -0.05) is 29.8 Å². The van der Waals surface area contributed by atoms with Crippen LogP contribution in [0.15, 0.2) is 48.5 Å². The number of hydrogen-bond acceptors (Lipinski definition) is 5. The monoisotopic (exact) mass is 491 g/mol. The smallest absolute Gasteiger partial charge is 0.325 e. The number of urea groups is 1. The summed E-state index contributed by atoms with van der Waals surface area (Å²) in [5.41, 5.74) is 1.30. The molecule has 2 aromatic carbocycles. The number of rotatable bonds is 5. The standard InChI is InChI=1S/C23H26ClN3O5S/c1-32-18-8-6-17(7-9-18)27-13-12-26(23(27)29)16-22(28)25-11-10-21(33(30,31)15-14-25)19-4-2-3-5-20(19)24/h2-9,21H,10-16H2,1H3. The highest BCUT2D eigenvalue weighted by Gasteiger charge is 2.36. The quantitative estimate of drug-likeness (QED) is 0.641. The van der Waals surface area contributed by atoms with Crippen molar-refractivity contribution in [2.75, 3.05) is 50.5 Å². The fourth-order valence-corrected chi connectivity index (χ4v) is 6.42. The molecular formula is C23H26ClN3O5S. The molecule has 4 rings (SSSR count). The Bertz CT molecular complexity index is 1140. The van der Waals surface area contributed by atoms with Crippen LogP contribution in [0.5, 0.6) is 5.75 Å². The van der Waals surface area contributed by atoms with E-state index < -0.39 is 15.1 Å². The molecule has 2 aromatic rings. The second-order valence-electron chi connectivity index (χ2n) is 8.10. The number of ether oxygens (including phenoxy) is 1. The Morgan fingerprint density at radius 1 is 1.06 bits per heavy atom. The molecule has 176 valence electrons. The van der Waals surface area contributed by atoms with E-state index in [-0.39, 0.29) is 43.7 Å². The molecule has 2 saturated heterocycles. The zero-order valence-corrected chi connectivity index (χ0v) is 19.9. The van der Waals surface area contributed by atoms with Gasteiger partial charge in [-0.2, -0.15) is 0 Å². The zero-order valence-electron chi connectivity index (χ0n) is 18.3. The molecule has 0 radical (unpaired) electrons. The molecule has 2 aliphatic heterocycles. The van der Waals surface area contributed by atoms with Crippen LogP contribution >= 0.6 is 11.6 Å². The summed E-state index contributed by atoms with van der Waals surface area (Å²) in [4.78, 5) is 30.5. The summed E-state index contributed by atoms with van der Waals surface area (Å²) in [6.45, 7) is 1.21. The van der Waals surface area contributed by atoms with Gasteiger partial charge in [0.25, 0.3) is 0 Å². The van der Waals surface area contributed by atoms with Crippen LogP contribution in [0.25, 0.3) is 0 Å². The average Bonchev–Trinajstić information content (AvgIpc) is 3.07. The van der Waals surface area contributed by atoms with E-state index in [9.17, 15) is 18.0 Å². The SMILES string of the molecule is COc1ccc(N2CCN(CC(=O)N3CCC(c4ccccc4Cl)S(=O)(=O)CC3)C2=O)cc1. The minimum absolute atomic E-state index is 0.0811. The maximum Gasteiger partial charge on any atom is 0.325 e. The van der Waals surface area contributed by atoms with Crippen LogP contribution in [-0.2, 0) is 14.6 Å². The summed E-state index contributed by atoms with van der Waals surface area (Å²) in [6, 6.07) is 13.8. The maximum atomic E-state index is 13.0. The lowest BCUT2D eigenvalue weighted by Gasteiger charge is -2.24. The molecule has 2 aliphatic rings. The summed E-state index contributed by atoms with van der Waals surface area (Å²) >= 11 is 6.25. The third kappa shape index (κ3) is 4.94. The topological polar surface area (TPSA) is 87.2 Å². The Morgan fingerprint density at radius 2 is 1.79 bits per heavy atom. The Morgan fingerprint density at radius 3 is 2.48 bits per heavy atom. The number of sulfone groups is 1. The van der Waals surface area contributed by atoms with Gasteiger partial charge in [0.15, 0.2) is 9.84 Å². The number of hydrogen-bond donors (Lipinski definition) is 0. The van der Waals surface area contributed by atoms with E-state index in [0.29, 0.717) is 29.4 Å². The number of methoxy groups -OCH3 is 1. The van der Waals surface area contributed by atoms with Crippen LogP contribution in [0.4, 0.5) is 10.5 Å². The van der Waals surface area contributed by atoms with Crippen molar-refractivity contribution in [1.29, 1.82) is 0 Å². The minimum Gasteiger partial charge on any atom is -0.497 e. The van der Waals surface area contributed by atoms with E-state index in [1.54, 1.807) is 60.5 Å². The van der Waals surface area contributed by atoms with Crippen molar-refractivity contribution in [3.05, 3.63) is 59.1 Å². The summed E-state index contributed by atoms with van der Waals surface area (Å²) < 4.78 is 30.9. The van der Waals surface area contributed by atoms with Crippen molar-refractivity contribution in [2.45, 2.75) is 11.7 Å². The Hall–Kier alpha value is -2.78. The van der Waals surface area contributed by atoms with Gasteiger partial charge in [0.2, 0.25) is 5.91 Å². The van der Waals surface area contributed by atoms with Crippen molar-refractivity contribution < 1.29 is 22.7 Å². The molecule has 1 unspecified atom stereocenters. The van der Waals surface area contributed by atoms with Crippen molar-refractivity contribution >= 4 is 39.1 Å². The van der Waals surface area contributed by atoms with E-state index >= 15 is 0 Å². The fraction of sp³-hybridized carbons (Fsp3) is 0.391. The second-order valence-corrected chi connectivity index (χ2v) is 10.8. The largest absolute Gasteiger partial charge is 0.497 e. The van der Waals surface area contributed by atoms with Gasteiger partial charge in [-0.15, -0.1) is 0 Å². The highest BCUT2D eigenvalue weighted by Crippen LogP contribution is 2.34. The van der Waals surface area contributed by atoms with Gasteiger partial charge >= 0.3 is 6.03 Å². The van der Waals surface area contributed by atoms with Crippen molar-refractivity contribution in [3.63, 3.8) is 0 Å². The van der Waals surface area contributed by atoms with Crippen LogP contribution in [0.1, 0.15) is 17.2 Å². The molecule has 8 nitrogen and oxygen atoms in total. The summed E-state index contributed by atoms with van der Waals surface area (Å²) in [7, 11) is -1.89. The summed E-state index contributed by atoms with van der Waals surface area (Å²) in [5, 5.41) is -0.338. The van der Waals surface area contributed by atoms with Crippen LogP contribution < -0.4 is 9.64 Å². The number of carbonyl (C=O) groups excluding carboxylic acids is 2. The molecule has 2 heterocycles. The van der Waals surface area contributed by atoms with Crippen molar-refractivity contribution in [3.8, 4) is 5.75 Å². The van der Waals surface area contributed by atoms with Gasteiger partial charge in [-0.3, -0.25) is 9.69 Å². The molecule has 33 heavy (non-hydrogen) atoms. The molecule has 0 N–H and O–H groups in total. The van der Waals surface area contributed by atoms with Gasteiger partial charge in [0, 0.05) is 36.9 Å². The van der Waals surface area contributed by atoms with Gasteiger partial charge < -0.3 is 14.5 Å². The number of carbonyl (C=O) groups is 2. The van der Waals surface area contributed by atoms with Crippen molar-refractivity contribution in [1.82, 2.24) is 9.80 Å². The van der Waals surface area contributed by atoms with Gasteiger partial charge in [-0.05, 0) is 42.3 Å². The molecule has 0 spiro atoms. The first-order chi connectivity index (χ1) is 15.8. The van der Waals surface area contributed by atoms with E-state index in [0.717, 1.165) is 5.69 Å². The zero-order chi connectivity index (χ0) is 23.6. The predicted octanol–water partition coefficient (Wildman–Crippen LogP) is 2.98. The molecule has 0 bridgehead atoms. The van der Waals surface area contributed by atoms with Gasteiger partial charge in [0.1, 0.15) is 12.3 Å². The van der Waals surface area contributed by atoms with Gasteiger partial charge in [0.05, 0.1) is 18.1 Å². The van der Waals surface area contributed by atoms with E-state index in [1.165, 1.54) is 9.80 Å². The Kier molecular flexibility index (Phi) is 6.81. The summed E-state index contributed by atoms with van der Waals surface area (Å²) in [5.74, 6) is 0.305. The van der Waals surface area contributed by atoms with Crippen LogP contribution in [0.3, 0.4) is 0 Å². The number of benzene rings is 2. The molecule has 0 aliphatic carbocycles. The average molecular weight is 492 g/mol. The van der Waals surface area contributed by atoms with E-state index in [4.69, 9.17) is 16.3 Å². The van der Waals surface area contributed by atoms with E-state index in [1.807, 2.05) is 0 Å². The molecule has 2 fully saturated rings. The number of amides is 3. The maximum absolute atomic E-state index is 13.0. The van der Waals surface area contributed by atoms with Gasteiger partial charge in [-0.25, -0.2) is 13.2 Å². The fourth-order valence-electron chi connectivity index (χ4n) is 4.27. The third-order valence-electron chi connectivity index (χ3n) is 6.15. The number of nitrogens with zero attached hydrogens (tertiary/aromatic N) is 3. The predicted molar refractivity (Wildman–Crippen MR) is 126 cm³/mol. The minimum atomic E-state index is -3.47. The second kappa shape index (κ2) is 9.61. The van der Waals surface area contributed by atoms with E-state index in [2.05, 4.69) is 0 Å². The van der Waals surface area contributed by atoms with Crippen LogP contribution in [0.2, 0.25) is 5.02 Å². The molecule has 0 aromatic heterocycles. The molecule has 10 heteroatoms. The first-order valence-corrected chi connectivity index (χ1v) is 12.8. The summed E-state index contributed by atoms with van der Waals surface area (Å²) in [6.07, 6.45) is 0.268. The third-order valence-corrected chi connectivity index (χ3v) is 8.60. The Labute approximate surface area is 198 Å². The van der Waals surface area contributed by atoms with Crippen LogP contribution in [0, 0.1) is 0 Å². The highest BCUT2D eigenvalue weighted by molar-refractivity contribution is 7.91. The normalized spacial score (nSPS) is 20.6. The number of anilines is 1. The first-order valence-electron chi connectivity index (χ1n) is 10.7. The lowest BCUT2D eigenvalue weighted by Crippen LogP contribution is -2.43. The molecule has 3 amide bonds. The van der Waals surface area contributed by atoms with Crippen LogP contribution in [-0.4, -0.2) is 75.7 Å². The lowest BCUT2D eigenvalue weighted by atomic mass is 10.1. The molecule has 1 atom stereocenters. The molecular weight excluding hydrogens is 466 g/mol. The van der Waals surface area contributed by atoms with Crippen molar-refractivity contribution in [2.24, 2.45) is 0 Å². The molecule has 0 saturated carbocycles. The lowest BCUT2D eigenvalue weighted by molar-refractivity contribution is -0.131. The number of halogens is 1. The first kappa shape index (κ1) is 23.4.